The zero-order chi connectivity index (χ0) is 20.2. The molecule has 0 aliphatic carbocycles. The molecule has 0 radical (unpaired) electrons. The van der Waals surface area contributed by atoms with Crippen LogP contribution in [0.3, 0.4) is 0 Å². The van der Waals surface area contributed by atoms with Gasteiger partial charge in [0.1, 0.15) is 5.75 Å². The molecule has 4 rings (SSSR count). The first-order valence-electron chi connectivity index (χ1n) is 10.3. The number of aromatic nitrogens is 1. The monoisotopic (exact) mass is 387 g/mol. The number of benzene rings is 2. The van der Waals surface area contributed by atoms with Crippen molar-refractivity contribution in [2.45, 2.75) is 19.8 Å². The zero-order valence-corrected chi connectivity index (χ0v) is 17.5. The summed E-state index contributed by atoms with van der Waals surface area (Å²) < 4.78 is 5.27. The molecule has 2 heterocycles. The van der Waals surface area contributed by atoms with E-state index in [1.165, 1.54) is 22.5 Å². The molecular weight excluding hydrogens is 358 g/mol. The van der Waals surface area contributed by atoms with E-state index in [4.69, 9.17) is 9.72 Å². The standard InChI is InChI=1S/C25H29N3O/c1-19(2)20-6-8-21(9-7-20)25-24(5-4-14-26-25)28-17-15-27(16-18-28)22-10-12-23(29-3)13-11-22/h4-14,19H,15-18H2,1-3H3. The molecule has 0 unspecified atom stereocenters. The van der Waals surface area contributed by atoms with Crippen molar-refractivity contribution < 1.29 is 4.74 Å². The van der Waals surface area contributed by atoms with Crippen molar-refractivity contribution in [1.82, 2.24) is 4.98 Å². The number of piperazine rings is 1. The molecule has 0 N–H and O–H groups in total. The minimum absolute atomic E-state index is 0.540. The van der Waals surface area contributed by atoms with Gasteiger partial charge in [0.2, 0.25) is 0 Å². The Kier molecular flexibility index (Phi) is 5.70. The number of pyridine rings is 1. The predicted octanol–water partition coefficient (Wildman–Crippen LogP) is 5.21. The molecule has 1 aliphatic rings. The molecule has 2 aromatic carbocycles. The van der Waals surface area contributed by atoms with Gasteiger partial charge in [0.25, 0.3) is 0 Å². The Balaban J connectivity index is 1.50. The summed E-state index contributed by atoms with van der Waals surface area (Å²) in [5, 5.41) is 0. The quantitative estimate of drug-likeness (QED) is 0.601. The molecule has 0 spiro atoms. The highest BCUT2D eigenvalue weighted by Gasteiger charge is 2.20. The maximum Gasteiger partial charge on any atom is 0.119 e. The minimum atomic E-state index is 0.540. The van der Waals surface area contributed by atoms with Gasteiger partial charge in [0.05, 0.1) is 18.5 Å². The second-order valence-corrected chi connectivity index (χ2v) is 7.82. The topological polar surface area (TPSA) is 28.6 Å². The SMILES string of the molecule is COc1ccc(N2CCN(c3cccnc3-c3ccc(C(C)C)cc3)CC2)cc1. The lowest BCUT2D eigenvalue weighted by Gasteiger charge is -2.38. The van der Waals surface area contributed by atoms with E-state index in [0.29, 0.717) is 5.92 Å². The highest BCUT2D eigenvalue weighted by Crippen LogP contribution is 2.31. The summed E-state index contributed by atoms with van der Waals surface area (Å²) in [6, 6.07) is 21.4. The van der Waals surface area contributed by atoms with Gasteiger partial charge >= 0.3 is 0 Å². The number of anilines is 2. The summed E-state index contributed by atoms with van der Waals surface area (Å²) in [6.07, 6.45) is 1.89. The third-order valence-corrected chi connectivity index (χ3v) is 5.70. The zero-order valence-electron chi connectivity index (χ0n) is 17.5. The molecule has 150 valence electrons. The Labute approximate surface area is 173 Å². The molecular formula is C25H29N3O. The maximum atomic E-state index is 5.27. The van der Waals surface area contributed by atoms with Gasteiger partial charge in [-0.2, -0.15) is 0 Å². The first-order valence-corrected chi connectivity index (χ1v) is 10.3. The second-order valence-electron chi connectivity index (χ2n) is 7.82. The summed E-state index contributed by atoms with van der Waals surface area (Å²) in [4.78, 5) is 9.62. The van der Waals surface area contributed by atoms with Crippen LogP contribution >= 0.6 is 0 Å². The van der Waals surface area contributed by atoms with Crippen molar-refractivity contribution in [3.63, 3.8) is 0 Å². The van der Waals surface area contributed by atoms with E-state index in [1.54, 1.807) is 7.11 Å². The summed E-state index contributed by atoms with van der Waals surface area (Å²) >= 11 is 0. The van der Waals surface area contributed by atoms with Gasteiger partial charge in [-0.15, -0.1) is 0 Å². The number of methoxy groups -OCH3 is 1. The highest BCUT2D eigenvalue weighted by atomic mass is 16.5. The maximum absolute atomic E-state index is 5.27. The van der Waals surface area contributed by atoms with E-state index in [9.17, 15) is 0 Å². The van der Waals surface area contributed by atoms with Gasteiger partial charge in [-0.1, -0.05) is 38.1 Å². The van der Waals surface area contributed by atoms with Crippen LogP contribution in [0.15, 0.2) is 66.9 Å². The molecule has 3 aromatic rings. The lowest BCUT2D eigenvalue weighted by atomic mass is 10.00. The smallest absolute Gasteiger partial charge is 0.119 e. The molecule has 0 amide bonds. The summed E-state index contributed by atoms with van der Waals surface area (Å²) in [5.41, 5.74) is 6.09. The Hall–Kier alpha value is -3.01. The predicted molar refractivity (Wildman–Crippen MR) is 121 cm³/mol. The highest BCUT2D eigenvalue weighted by molar-refractivity contribution is 5.75. The third kappa shape index (κ3) is 4.21. The first kappa shape index (κ1) is 19.3. The molecule has 1 aromatic heterocycles. The number of ether oxygens (including phenoxy) is 1. The van der Waals surface area contributed by atoms with Crippen LogP contribution in [0.5, 0.6) is 5.75 Å². The molecule has 1 aliphatic heterocycles. The van der Waals surface area contributed by atoms with Gasteiger partial charge in [-0.05, 0) is 47.9 Å². The molecule has 1 saturated heterocycles. The lowest BCUT2D eigenvalue weighted by Crippen LogP contribution is -2.46. The largest absolute Gasteiger partial charge is 0.497 e. The van der Waals surface area contributed by atoms with Gasteiger partial charge in [-0.25, -0.2) is 0 Å². The van der Waals surface area contributed by atoms with Gasteiger partial charge in [0, 0.05) is 43.6 Å². The Morgan fingerprint density at radius 2 is 1.48 bits per heavy atom. The van der Waals surface area contributed by atoms with E-state index >= 15 is 0 Å². The van der Waals surface area contributed by atoms with Crippen molar-refractivity contribution >= 4 is 11.4 Å². The molecule has 4 nitrogen and oxygen atoms in total. The van der Waals surface area contributed by atoms with Crippen LogP contribution in [0.2, 0.25) is 0 Å². The molecule has 0 saturated carbocycles. The molecule has 0 atom stereocenters. The summed E-state index contributed by atoms with van der Waals surface area (Å²) in [7, 11) is 1.70. The van der Waals surface area contributed by atoms with E-state index in [-0.39, 0.29) is 0 Å². The molecule has 1 fully saturated rings. The average molecular weight is 388 g/mol. The molecule has 4 heteroatoms. The number of nitrogens with zero attached hydrogens (tertiary/aromatic N) is 3. The van der Waals surface area contributed by atoms with Gasteiger partial charge < -0.3 is 14.5 Å². The van der Waals surface area contributed by atoms with Gasteiger partial charge in [0.15, 0.2) is 0 Å². The number of hydrogen-bond acceptors (Lipinski definition) is 4. The minimum Gasteiger partial charge on any atom is -0.497 e. The van der Waals surface area contributed by atoms with Crippen LogP contribution in [0, 0.1) is 0 Å². The molecule has 0 bridgehead atoms. The normalized spacial score (nSPS) is 14.3. The van der Waals surface area contributed by atoms with Crippen LogP contribution in [0.25, 0.3) is 11.3 Å². The third-order valence-electron chi connectivity index (χ3n) is 5.70. The van der Waals surface area contributed by atoms with Gasteiger partial charge in [-0.3, -0.25) is 4.98 Å². The summed E-state index contributed by atoms with van der Waals surface area (Å²) in [5.74, 6) is 1.44. The van der Waals surface area contributed by atoms with E-state index in [0.717, 1.165) is 37.6 Å². The van der Waals surface area contributed by atoms with Crippen LogP contribution in [-0.2, 0) is 0 Å². The Morgan fingerprint density at radius 1 is 0.828 bits per heavy atom. The van der Waals surface area contributed by atoms with Crippen LogP contribution in [-0.4, -0.2) is 38.3 Å². The van der Waals surface area contributed by atoms with Crippen molar-refractivity contribution in [2.24, 2.45) is 0 Å². The Morgan fingerprint density at radius 3 is 2.10 bits per heavy atom. The summed E-state index contributed by atoms with van der Waals surface area (Å²) in [6.45, 7) is 8.40. The van der Waals surface area contributed by atoms with Crippen molar-refractivity contribution in [2.75, 3.05) is 43.1 Å². The van der Waals surface area contributed by atoms with Crippen LogP contribution in [0.1, 0.15) is 25.3 Å². The van der Waals surface area contributed by atoms with Crippen molar-refractivity contribution in [3.8, 4) is 17.0 Å². The number of rotatable bonds is 5. The second kappa shape index (κ2) is 8.56. The first-order chi connectivity index (χ1) is 14.2. The fourth-order valence-corrected chi connectivity index (χ4v) is 3.90. The van der Waals surface area contributed by atoms with Crippen LogP contribution < -0.4 is 14.5 Å². The fourth-order valence-electron chi connectivity index (χ4n) is 3.90. The van der Waals surface area contributed by atoms with Crippen LogP contribution in [0.4, 0.5) is 11.4 Å². The lowest BCUT2D eigenvalue weighted by molar-refractivity contribution is 0.415. The van der Waals surface area contributed by atoms with E-state index < -0.39 is 0 Å². The average Bonchev–Trinajstić information content (AvgIpc) is 2.79. The van der Waals surface area contributed by atoms with Crippen molar-refractivity contribution in [3.05, 3.63) is 72.4 Å². The number of hydrogen-bond donors (Lipinski definition) is 0. The van der Waals surface area contributed by atoms with Crippen molar-refractivity contribution in [1.29, 1.82) is 0 Å². The molecule has 29 heavy (non-hydrogen) atoms. The fraction of sp³-hybridized carbons (Fsp3) is 0.320. The van der Waals surface area contributed by atoms with E-state index in [1.807, 2.05) is 24.4 Å². The Bertz CT molecular complexity index is 927. The van der Waals surface area contributed by atoms with E-state index in [2.05, 4.69) is 66.1 Å².